The fourth-order valence-electron chi connectivity index (χ4n) is 4.34. The van der Waals surface area contributed by atoms with E-state index in [0.717, 1.165) is 31.4 Å². The molecule has 3 aliphatic rings. The van der Waals surface area contributed by atoms with Gasteiger partial charge >= 0.3 is 0 Å². The molecule has 27 heavy (non-hydrogen) atoms. The van der Waals surface area contributed by atoms with Crippen LogP contribution in [0, 0.1) is 6.92 Å². The van der Waals surface area contributed by atoms with Crippen molar-refractivity contribution in [3.8, 4) is 0 Å². The minimum absolute atomic E-state index is 0.0103. The number of amides is 2. The maximum atomic E-state index is 12.8. The third-order valence-corrected chi connectivity index (χ3v) is 6.48. The molecule has 1 aliphatic carbocycles. The number of aliphatic hydroxyl groups is 1. The van der Waals surface area contributed by atoms with Gasteiger partial charge in [0.25, 0.3) is 11.8 Å². The first kappa shape index (κ1) is 18.4. The molecule has 1 spiro atoms. The first-order valence-corrected chi connectivity index (χ1v) is 9.81. The lowest BCUT2D eigenvalue weighted by atomic mass is 9.78. The Bertz CT molecular complexity index is 736. The van der Waals surface area contributed by atoms with E-state index in [1.807, 2.05) is 6.92 Å². The molecule has 0 bridgehead atoms. The van der Waals surface area contributed by atoms with Gasteiger partial charge in [-0.1, -0.05) is 0 Å². The van der Waals surface area contributed by atoms with Gasteiger partial charge in [-0.15, -0.1) is 0 Å². The Hall–Kier alpha value is -1.93. The Labute approximate surface area is 159 Å². The fourth-order valence-corrected chi connectivity index (χ4v) is 4.34. The molecule has 4 rings (SSSR count). The van der Waals surface area contributed by atoms with Gasteiger partial charge in [0.05, 0.1) is 36.6 Å². The van der Waals surface area contributed by atoms with Crippen molar-refractivity contribution in [3.63, 3.8) is 0 Å². The predicted octanol–water partition coefficient (Wildman–Crippen LogP) is 0.568. The molecule has 1 unspecified atom stereocenters. The zero-order chi connectivity index (χ0) is 19.2. The van der Waals surface area contributed by atoms with Crippen LogP contribution in [0.3, 0.4) is 0 Å². The monoisotopic (exact) mass is 376 g/mol. The molecule has 8 nitrogen and oxygen atoms in total. The van der Waals surface area contributed by atoms with Crippen LogP contribution in [0.1, 0.15) is 48.2 Å². The van der Waals surface area contributed by atoms with Crippen LogP contribution in [0.4, 0.5) is 0 Å². The van der Waals surface area contributed by atoms with Crippen LogP contribution < -0.4 is 0 Å². The molecule has 0 radical (unpaired) electrons. The topological polar surface area (TPSA) is 87.9 Å². The summed E-state index contributed by atoms with van der Waals surface area (Å²) in [5, 5.41) is 13.2. The third kappa shape index (κ3) is 3.14. The summed E-state index contributed by atoms with van der Waals surface area (Å²) in [7, 11) is 1.77. The second kappa shape index (κ2) is 6.91. The summed E-state index contributed by atoms with van der Waals surface area (Å²) in [4.78, 5) is 28.9. The van der Waals surface area contributed by atoms with E-state index in [2.05, 4.69) is 5.10 Å². The Kier molecular flexibility index (Phi) is 4.71. The Morgan fingerprint density at radius 1 is 1.37 bits per heavy atom. The maximum Gasteiger partial charge on any atom is 0.257 e. The number of carbonyl (C=O) groups excluding carboxylic acids is 2. The van der Waals surface area contributed by atoms with Crippen LogP contribution >= 0.6 is 0 Å². The molecule has 2 amide bonds. The van der Waals surface area contributed by atoms with Crippen LogP contribution in [0.15, 0.2) is 6.20 Å². The Morgan fingerprint density at radius 3 is 2.70 bits per heavy atom. The highest BCUT2D eigenvalue weighted by molar-refractivity contribution is 5.95. The summed E-state index contributed by atoms with van der Waals surface area (Å²) in [5.74, 6) is -0.0258. The summed E-state index contributed by atoms with van der Waals surface area (Å²) >= 11 is 0. The van der Waals surface area contributed by atoms with Crippen molar-refractivity contribution in [2.24, 2.45) is 0 Å². The van der Waals surface area contributed by atoms with Crippen molar-refractivity contribution >= 4 is 11.8 Å². The van der Waals surface area contributed by atoms with Gasteiger partial charge in [-0.2, -0.15) is 5.10 Å². The normalized spacial score (nSPS) is 24.0. The minimum Gasteiger partial charge on any atom is -0.394 e. The molecule has 1 atom stereocenters. The molecule has 1 N–H and O–H groups in total. The van der Waals surface area contributed by atoms with Gasteiger partial charge in [-0.05, 0) is 39.0 Å². The van der Waals surface area contributed by atoms with E-state index in [9.17, 15) is 9.59 Å². The molecule has 1 aromatic heterocycles. The Morgan fingerprint density at radius 2 is 2.11 bits per heavy atom. The van der Waals surface area contributed by atoms with E-state index >= 15 is 0 Å². The molecule has 1 aromatic rings. The molecule has 2 aliphatic heterocycles. The van der Waals surface area contributed by atoms with E-state index in [1.54, 1.807) is 27.7 Å². The van der Waals surface area contributed by atoms with E-state index in [-0.39, 0.29) is 36.2 Å². The summed E-state index contributed by atoms with van der Waals surface area (Å²) in [6, 6.07) is 0.0149. The van der Waals surface area contributed by atoms with Gasteiger partial charge in [0.2, 0.25) is 0 Å². The first-order valence-electron chi connectivity index (χ1n) is 9.81. The van der Waals surface area contributed by atoms with E-state index in [0.29, 0.717) is 25.2 Å². The minimum atomic E-state index is -0.300. The summed E-state index contributed by atoms with van der Waals surface area (Å²) in [5.41, 5.74) is 1.28. The molecular weight excluding hydrogens is 348 g/mol. The standard InChI is InChI=1S/C19H28N4O4/c1-13-15(10-20-23(13)8-9-24)17(25)21(2)14-11-22(12-14)18(26)16-4-7-19(27-16)5-3-6-19/h10,14,16,24H,3-9,11-12H2,1-2H3. The van der Waals surface area contributed by atoms with Crippen molar-refractivity contribution < 1.29 is 19.4 Å². The molecular formula is C19H28N4O4. The third-order valence-electron chi connectivity index (χ3n) is 6.48. The number of hydrogen-bond donors (Lipinski definition) is 1. The number of rotatable bonds is 5. The highest BCUT2D eigenvalue weighted by atomic mass is 16.5. The second-order valence-electron chi connectivity index (χ2n) is 8.09. The summed E-state index contributed by atoms with van der Waals surface area (Å²) in [6.45, 7) is 3.29. The number of ether oxygens (including phenoxy) is 1. The van der Waals surface area contributed by atoms with Crippen LogP contribution in [-0.2, 0) is 16.1 Å². The molecule has 1 saturated carbocycles. The average molecular weight is 376 g/mol. The van der Waals surface area contributed by atoms with E-state index in [4.69, 9.17) is 9.84 Å². The summed E-state index contributed by atoms with van der Waals surface area (Å²) < 4.78 is 7.68. The Balaban J connectivity index is 1.31. The van der Waals surface area contributed by atoms with E-state index in [1.165, 1.54) is 6.42 Å². The molecule has 3 heterocycles. The lowest BCUT2D eigenvalue weighted by Gasteiger charge is -2.45. The van der Waals surface area contributed by atoms with Gasteiger partial charge in [-0.3, -0.25) is 14.3 Å². The first-order chi connectivity index (χ1) is 12.9. The maximum absolute atomic E-state index is 12.8. The smallest absolute Gasteiger partial charge is 0.257 e. The molecule has 0 aromatic carbocycles. The average Bonchev–Trinajstić information content (AvgIpc) is 3.18. The van der Waals surface area contributed by atoms with Gasteiger partial charge in [-0.25, -0.2) is 0 Å². The number of nitrogens with zero attached hydrogens (tertiary/aromatic N) is 4. The van der Waals surface area contributed by atoms with Gasteiger partial charge in [0.15, 0.2) is 0 Å². The molecule has 3 fully saturated rings. The number of likely N-dealkylation sites (N-methyl/N-ethyl adjacent to an activating group) is 1. The number of likely N-dealkylation sites (tertiary alicyclic amines) is 1. The molecule has 148 valence electrons. The zero-order valence-corrected chi connectivity index (χ0v) is 16.1. The second-order valence-corrected chi connectivity index (χ2v) is 8.09. The van der Waals surface area contributed by atoms with Gasteiger partial charge in [0, 0.05) is 25.8 Å². The lowest BCUT2D eigenvalue weighted by Crippen LogP contribution is -2.63. The van der Waals surface area contributed by atoms with Crippen molar-refractivity contribution in [2.45, 2.75) is 63.3 Å². The van der Waals surface area contributed by atoms with Crippen molar-refractivity contribution in [3.05, 3.63) is 17.5 Å². The van der Waals surface area contributed by atoms with E-state index < -0.39 is 0 Å². The summed E-state index contributed by atoms with van der Waals surface area (Å²) in [6.07, 6.45) is 6.43. The zero-order valence-electron chi connectivity index (χ0n) is 16.1. The van der Waals surface area contributed by atoms with Crippen LogP contribution in [0.25, 0.3) is 0 Å². The fraction of sp³-hybridized carbons (Fsp3) is 0.737. The predicted molar refractivity (Wildman–Crippen MR) is 97.2 cm³/mol. The number of aromatic nitrogens is 2. The van der Waals surface area contributed by atoms with Gasteiger partial charge in [0.1, 0.15) is 6.10 Å². The lowest BCUT2D eigenvalue weighted by molar-refractivity contribution is -0.159. The highest BCUT2D eigenvalue weighted by Gasteiger charge is 2.49. The highest BCUT2D eigenvalue weighted by Crippen LogP contribution is 2.46. The van der Waals surface area contributed by atoms with Crippen molar-refractivity contribution in [1.29, 1.82) is 0 Å². The number of aliphatic hydroxyl groups excluding tert-OH is 1. The van der Waals surface area contributed by atoms with Crippen molar-refractivity contribution in [1.82, 2.24) is 19.6 Å². The SMILES string of the molecule is Cc1c(C(=O)N(C)C2CN(C(=O)C3CCC4(CCC4)O3)C2)cnn1CCO. The van der Waals surface area contributed by atoms with Crippen LogP contribution in [-0.4, -0.2) is 81.0 Å². The van der Waals surface area contributed by atoms with Crippen LogP contribution in [0.2, 0.25) is 0 Å². The number of carbonyl (C=O) groups is 2. The molecule has 2 saturated heterocycles. The van der Waals surface area contributed by atoms with Crippen LogP contribution in [0.5, 0.6) is 0 Å². The van der Waals surface area contributed by atoms with Crippen molar-refractivity contribution in [2.75, 3.05) is 26.7 Å². The molecule has 8 heteroatoms. The number of hydrogen-bond acceptors (Lipinski definition) is 5. The van der Waals surface area contributed by atoms with Gasteiger partial charge < -0.3 is 19.6 Å². The largest absolute Gasteiger partial charge is 0.394 e. The quantitative estimate of drug-likeness (QED) is 0.812.